The van der Waals surface area contributed by atoms with Gasteiger partial charge in [0.25, 0.3) is 0 Å². The largest absolute Gasteiger partial charge is 2.00 e. The van der Waals surface area contributed by atoms with Gasteiger partial charge in [0.1, 0.15) is 0 Å². The van der Waals surface area contributed by atoms with Gasteiger partial charge in [-0.3, -0.25) is 19.2 Å². The number of hydrogen-bond donors (Lipinski definition) is 10. The topological polar surface area (TPSA) is 386 Å². The molecule has 50 heavy (non-hydrogen) atoms. The zero-order valence-electron chi connectivity index (χ0n) is 29.7. The van der Waals surface area contributed by atoms with Gasteiger partial charge in [0.15, 0.2) is 0 Å². The predicted molar refractivity (Wildman–Crippen MR) is 184 cm³/mol. The van der Waals surface area contributed by atoms with Crippen molar-refractivity contribution in [2.75, 3.05) is 39.3 Å². The molecule has 0 saturated carbocycles. The number of carbonyl (C=O) groups excluding carboxylic acids is 2. The first kappa shape index (κ1) is 66.8. The number of carboxylic acids is 6. The SMILES string of the molecule is NCCCCC(=O)O.NCCCCC(=O)O.NCCCCC(=O)O.NCCCCC(=O)O.NCCCCC(=O)[O-].NCCCCC(=O)[O-].[Ca+2].[Ti]. The molecule has 0 atom stereocenters. The Labute approximate surface area is 341 Å². The van der Waals surface area contributed by atoms with Crippen molar-refractivity contribution in [1.82, 2.24) is 0 Å². The minimum atomic E-state index is -0.988. The molecule has 18 nitrogen and oxygen atoms in total. The molecule has 0 aliphatic rings. The summed E-state index contributed by atoms with van der Waals surface area (Å²) in [5.41, 5.74) is 30.7. The summed E-state index contributed by atoms with van der Waals surface area (Å²) in [6.07, 6.45) is 10.1. The van der Waals surface area contributed by atoms with E-state index >= 15 is 0 Å². The Hall–Kier alpha value is -1.45. The second kappa shape index (κ2) is 62.7. The molecule has 0 aromatic carbocycles. The molecule has 20 heteroatoms. The molecule has 0 amide bonds. The van der Waals surface area contributed by atoms with Crippen LogP contribution in [0.1, 0.15) is 116 Å². The molecule has 292 valence electrons. The predicted octanol–water partition coefficient (Wildman–Crippen LogP) is -1.85. The fourth-order valence-corrected chi connectivity index (χ4v) is 2.51. The van der Waals surface area contributed by atoms with Crippen LogP contribution in [0, 0.1) is 0 Å². The van der Waals surface area contributed by atoms with E-state index in [0.29, 0.717) is 77.8 Å². The third-order valence-electron chi connectivity index (χ3n) is 5.05. The average Bonchev–Trinajstić information content (AvgIpc) is 2.99. The van der Waals surface area contributed by atoms with Crippen molar-refractivity contribution in [3.63, 3.8) is 0 Å². The van der Waals surface area contributed by atoms with E-state index in [1.165, 1.54) is 0 Å². The zero-order chi connectivity index (χ0) is 38.4. The molecule has 0 radical (unpaired) electrons. The van der Waals surface area contributed by atoms with Crippen LogP contribution in [0.15, 0.2) is 0 Å². The second-order valence-electron chi connectivity index (χ2n) is 9.79. The Morgan fingerprint density at radius 3 is 0.580 bits per heavy atom. The van der Waals surface area contributed by atoms with E-state index in [9.17, 15) is 39.0 Å². The molecule has 0 rings (SSSR count). The van der Waals surface area contributed by atoms with Gasteiger partial charge in [-0.15, -0.1) is 0 Å². The molecule has 0 spiro atoms. The molecule has 0 aliphatic heterocycles. The quantitative estimate of drug-likeness (QED) is 0.0379. The van der Waals surface area contributed by atoms with Crippen molar-refractivity contribution in [2.45, 2.75) is 116 Å². The van der Waals surface area contributed by atoms with E-state index in [1.807, 2.05) is 0 Å². The maximum Gasteiger partial charge on any atom is 2.00 e. The first-order valence-corrected chi connectivity index (χ1v) is 16.1. The van der Waals surface area contributed by atoms with Gasteiger partial charge in [-0.2, -0.15) is 0 Å². The van der Waals surface area contributed by atoms with Crippen molar-refractivity contribution in [1.29, 1.82) is 0 Å². The summed E-state index contributed by atoms with van der Waals surface area (Å²) in [4.78, 5) is 58.8. The standard InChI is InChI=1S/6C5H11NO2.Ca.Ti/c6*6-4-2-1-3-5(7)8;;/h6*1-4,6H2,(H,7,8);;/q;;;;;;+2;/p-2. The van der Waals surface area contributed by atoms with E-state index in [2.05, 4.69) is 0 Å². The van der Waals surface area contributed by atoms with Gasteiger partial charge in [0, 0.05) is 59.3 Å². The van der Waals surface area contributed by atoms with Crippen LogP contribution in [0.25, 0.3) is 0 Å². The third-order valence-corrected chi connectivity index (χ3v) is 5.05. The van der Waals surface area contributed by atoms with E-state index in [-0.39, 0.29) is 98.0 Å². The average molecular weight is 789 g/mol. The Bertz CT molecular complexity index is 606. The van der Waals surface area contributed by atoms with E-state index in [1.54, 1.807) is 0 Å². The summed E-state index contributed by atoms with van der Waals surface area (Å²) in [6, 6.07) is 0. The Kier molecular flexibility index (Phi) is 83.7. The van der Waals surface area contributed by atoms with Gasteiger partial charge in [-0.05, 0) is 129 Å². The first-order chi connectivity index (χ1) is 22.6. The first-order valence-electron chi connectivity index (χ1n) is 16.1. The van der Waals surface area contributed by atoms with Crippen molar-refractivity contribution in [2.24, 2.45) is 34.4 Å². The van der Waals surface area contributed by atoms with Crippen LogP contribution in [0.4, 0.5) is 0 Å². The molecule has 0 aromatic heterocycles. The molecule has 16 N–H and O–H groups in total. The van der Waals surface area contributed by atoms with E-state index in [4.69, 9.17) is 54.8 Å². The van der Waals surface area contributed by atoms with Crippen LogP contribution >= 0.6 is 0 Å². The molecule has 0 heterocycles. The molecular weight excluding hydrogens is 724 g/mol. The van der Waals surface area contributed by atoms with Crippen LogP contribution in [0.3, 0.4) is 0 Å². The molecule has 0 saturated heterocycles. The monoisotopic (exact) mass is 788 g/mol. The second-order valence-corrected chi connectivity index (χ2v) is 9.79. The molecule has 0 aromatic rings. The maximum absolute atomic E-state index is 9.83. The molecule has 0 unspecified atom stereocenters. The normalized spacial score (nSPS) is 8.76. The summed E-state index contributed by atoms with van der Waals surface area (Å²) in [5.74, 6) is -4.93. The zero-order valence-corrected chi connectivity index (χ0v) is 33.5. The fourth-order valence-electron chi connectivity index (χ4n) is 2.51. The molecular formula is C30H64CaN6O12Ti. The summed E-state index contributed by atoms with van der Waals surface area (Å²) in [5, 5.41) is 51.8. The van der Waals surface area contributed by atoms with Crippen molar-refractivity contribution in [3.05, 3.63) is 0 Å². The molecule has 0 fully saturated rings. The Balaban J connectivity index is -0.0000000700. The summed E-state index contributed by atoms with van der Waals surface area (Å²) in [7, 11) is 0. The minimum absolute atomic E-state index is 0. The number of rotatable bonds is 24. The van der Waals surface area contributed by atoms with Crippen molar-refractivity contribution < 1.29 is 81.1 Å². The number of aliphatic carboxylic acids is 6. The van der Waals surface area contributed by atoms with Gasteiger partial charge in [-0.25, -0.2) is 0 Å². The van der Waals surface area contributed by atoms with Gasteiger partial charge >= 0.3 is 61.6 Å². The van der Waals surface area contributed by atoms with Crippen LogP contribution in [0.2, 0.25) is 0 Å². The van der Waals surface area contributed by atoms with Crippen LogP contribution in [0.5, 0.6) is 0 Å². The minimum Gasteiger partial charge on any atom is -0.550 e. The number of hydrogen-bond acceptors (Lipinski definition) is 14. The van der Waals surface area contributed by atoms with Crippen LogP contribution < -0.4 is 44.6 Å². The van der Waals surface area contributed by atoms with E-state index in [0.717, 1.165) is 38.5 Å². The van der Waals surface area contributed by atoms with Gasteiger partial charge < -0.3 is 74.6 Å². The number of nitrogens with two attached hydrogens (primary N) is 6. The smallest absolute Gasteiger partial charge is 0.550 e. The van der Waals surface area contributed by atoms with Gasteiger partial charge in [0.2, 0.25) is 0 Å². The van der Waals surface area contributed by atoms with Crippen molar-refractivity contribution in [3.8, 4) is 0 Å². The molecule has 0 aliphatic carbocycles. The summed E-state index contributed by atoms with van der Waals surface area (Å²) < 4.78 is 0. The summed E-state index contributed by atoms with van der Waals surface area (Å²) >= 11 is 0. The summed E-state index contributed by atoms with van der Waals surface area (Å²) in [6.45, 7) is 3.49. The van der Waals surface area contributed by atoms with Gasteiger partial charge in [-0.1, -0.05) is 0 Å². The van der Waals surface area contributed by atoms with Crippen molar-refractivity contribution >= 4 is 73.6 Å². The maximum atomic E-state index is 9.83. The molecule has 0 bridgehead atoms. The number of carbonyl (C=O) groups is 6. The Morgan fingerprint density at radius 2 is 0.480 bits per heavy atom. The Morgan fingerprint density at radius 1 is 0.340 bits per heavy atom. The fraction of sp³-hybridized carbons (Fsp3) is 0.800. The third kappa shape index (κ3) is 118. The van der Waals surface area contributed by atoms with Crippen LogP contribution in [-0.4, -0.2) is 133 Å². The number of unbranched alkanes of at least 4 members (excludes halogenated alkanes) is 6. The number of carboxylic acid groups (broad SMARTS) is 6. The van der Waals surface area contributed by atoms with Crippen LogP contribution in [-0.2, 0) is 50.5 Å². The van der Waals surface area contributed by atoms with Gasteiger partial charge in [0.05, 0.1) is 0 Å². The van der Waals surface area contributed by atoms with E-state index < -0.39 is 35.8 Å².